The van der Waals surface area contributed by atoms with Crippen LogP contribution in [-0.2, 0) is 6.54 Å². The zero-order valence-electron chi connectivity index (χ0n) is 14.1. The third-order valence-electron chi connectivity index (χ3n) is 4.41. The number of imide groups is 1. The largest absolute Gasteiger partial charge is 0.312 e. The smallest absolute Gasteiger partial charge is 0.274 e. The molecule has 8 nitrogen and oxygen atoms in total. The van der Waals surface area contributed by atoms with Gasteiger partial charge < -0.3 is 0 Å². The zero-order valence-corrected chi connectivity index (χ0v) is 14.1. The third kappa shape index (κ3) is 2.90. The SMILES string of the molecule is Cc1nn(CCCCN2C(=O)c3ccccc3C2=O)c(C)c1[N+](=O)[O-]. The minimum Gasteiger partial charge on any atom is -0.274 e. The quantitative estimate of drug-likeness (QED) is 0.348. The summed E-state index contributed by atoms with van der Waals surface area (Å²) in [5.74, 6) is -0.523. The Morgan fingerprint density at radius 1 is 1.04 bits per heavy atom. The van der Waals surface area contributed by atoms with Crippen molar-refractivity contribution in [1.29, 1.82) is 0 Å². The van der Waals surface area contributed by atoms with Crippen molar-refractivity contribution in [2.24, 2.45) is 0 Å². The Bertz CT molecular complexity index is 837. The molecule has 0 atom stereocenters. The number of rotatable bonds is 6. The fourth-order valence-corrected chi connectivity index (χ4v) is 3.14. The molecule has 0 bridgehead atoms. The monoisotopic (exact) mass is 342 g/mol. The lowest BCUT2D eigenvalue weighted by molar-refractivity contribution is -0.386. The van der Waals surface area contributed by atoms with Crippen molar-refractivity contribution in [3.05, 3.63) is 56.9 Å². The molecule has 0 saturated carbocycles. The van der Waals surface area contributed by atoms with Gasteiger partial charge in [-0.2, -0.15) is 5.10 Å². The van der Waals surface area contributed by atoms with E-state index in [2.05, 4.69) is 5.10 Å². The molecule has 1 aliphatic heterocycles. The molecule has 25 heavy (non-hydrogen) atoms. The first kappa shape index (κ1) is 16.8. The molecule has 0 fully saturated rings. The number of hydrogen-bond acceptors (Lipinski definition) is 5. The van der Waals surface area contributed by atoms with Crippen LogP contribution in [0.5, 0.6) is 0 Å². The van der Waals surface area contributed by atoms with Crippen molar-refractivity contribution in [3.63, 3.8) is 0 Å². The first-order valence-electron chi connectivity index (χ1n) is 8.05. The van der Waals surface area contributed by atoms with Gasteiger partial charge in [0, 0.05) is 13.1 Å². The second-order valence-corrected chi connectivity index (χ2v) is 6.01. The van der Waals surface area contributed by atoms with Crippen LogP contribution in [-0.4, -0.2) is 38.0 Å². The van der Waals surface area contributed by atoms with Crippen molar-refractivity contribution in [1.82, 2.24) is 14.7 Å². The normalized spacial score (nSPS) is 13.4. The molecule has 1 aliphatic rings. The van der Waals surface area contributed by atoms with E-state index in [1.807, 2.05) is 0 Å². The lowest BCUT2D eigenvalue weighted by Gasteiger charge is -2.13. The van der Waals surface area contributed by atoms with Crippen LogP contribution >= 0.6 is 0 Å². The number of benzene rings is 1. The maximum atomic E-state index is 12.3. The highest BCUT2D eigenvalue weighted by Gasteiger charge is 2.34. The first-order valence-corrected chi connectivity index (χ1v) is 8.05. The standard InChI is InChI=1S/C17H18N4O4/c1-11-15(21(24)25)12(2)20(18-11)10-6-5-9-19-16(22)13-7-3-4-8-14(13)17(19)23/h3-4,7-8H,5-6,9-10H2,1-2H3. The van der Waals surface area contributed by atoms with E-state index in [1.165, 1.54) is 4.90 Å². The van der Waals surface area contributed by atoms with Crippen LogP contribution in [0.15, 0.2) is 24.3 Å². The van der Waals surface area contributed by atoms with Gasteiger partial charge in [0.05, 0.1) is 16.1 Å². The van der Waals surface area contributed by atoms with Crippen molar-refractivity contribution in [3.8, 4) is 0 Å². The molecule has 0 unspecified atom stereocenters. The molecule has 2 aromatic rings. The van der Waals surface area contributed by atoms with E-state index < -0.39 is 4.92 Å². The molecular formula is C17H18N4O4. The van der Waals surface area contributed by atoms with Gasteiger partial charge in [0.15, 0.2) is 0 Å². The predicted octanol–water partition coefficient (Wildman–Crippen LogP) is 2.48. The summed E-state index contributed by atoms with van der Waals surface area (Å²) in [5, 5.41) is 15.2. The lowest BCUT2D eigenvalue weighted by atomic mass is 10.1. The highest BCUT2D eigenvalue weighted by molar-refractivity contribution is 6.21. The summed E-state index contributed by atoms with van der Waals surface area (Å²) in [6, 6.07) is 6.79. The Hall–Kier alpha value is -3.03. The van der Waals surface area contributed by atoms with Crippen LogP contribution in [0.25, 0.3) is 0 Å². The number of aromatic nitrogens is 2. The summed E-state index contributed by atoms with van der Waals surface area (Å²) in [6.45, 7) is 4.11. The van der Waals surface area contributed by atoms with E-state index in [1.54, 1.807) is 42.8 Å². The van der Waals surface area contributed by atoms with Gasteiger partial charge in [0.2, 0.25) is 0 Å². The number of unbranched alkanes of at least 4 members (excludes halogenated alkanes) is 1. The summed E-state index contributed by atoms with van der Waals surface area (Å²) >= 11 is 0. The Morgan fingerprint density at radius 3 is 2.12 bits per heavy atom. The predicted molar refractivity (Wildman–Crippen MR) is 89.4 cm³/mol. The maximum absolute atomic E-state index is 12.3. The van der Waals surface area contributed by atoms with Crippen LogP contribution in [0.2, 0.25) is 0 Å². The summed E-state index contributed by atoms with van der Waals surface area (Å²) < 4.78 is 1.61. The topological polar surface area (TPSA) is 98.3 Å². The molecule has 3 rings (SSSR count). The molecular weight excluding hydrogens is 324 g/mol. The molecule has 0 aliphatic carbocycles. The molecule has 0 spiro atoms. The molecule has 8 heteroatoms. The number of amides is 2. The van der Waals surface area contributed by atoms with Crippen molar-refractivity contribution in [2.75, 3.05) is 6.54 Å². The molecule has 1 aromatic heterocycles. The maximum Gasteiger partial charge on any atom is 0.312 e. The minimum atomic E-state index is -0.424. The van der Waals surface area contributed by atoms with Crippen molar-refractivity contribution < 1.29 is 14.5 Å². The molecule has 2 amide bonds. The molecule has 130 valence electrons. The highest BCUT2D eigenvalue weighted by Crippen LogP contribution is 2.24. The van der Waals surface area contributed by atoms with Crippen molar-refractivity contribution >= 4 is 17.5 Å². The van der Waals surface area contributed by atoms with E-state index in [0.29, 0.717) is 48.4 Å². The Balaban J connectivity index is 1.58. The second-order valence-electron chi connectivity index (χ2n) is 6.01. The summed E-state index contributed by atoms with van der Waals surface area (Å²) in [5.41, 5.74) is 1.84. The van der Waals surface area contributed by atoms with Gasteiger partial charge in [-0.3, -0.25) is 29.3 Å². The van der Waals surface area contributed by atoms with E-state index in [4.69, 9.17) is 0 Å². The minimum absolute atomic E-state index is 0.0420. The Labute approximate surface area is 144 Å². The van der Waals surface area contributed by atoms with Crippen LogP contribution in [0.3, 0.4) is 0 Å². The van der Waals surface area contributed by atoms with E-state index in [9.17, 15) is 19.7 Å². The van der Waals surface area contributed by atoms with Gasteiger partial charge in [0.25, 0.3) is 11.8 Å². The number of fused-ring (bicyclic) bond motifs is 1. The number of hydrogen-bond donors (Lipinski definition) is 0. The van der Waals surface area contributed by atoms with Crippen LogP contribution in [0, 0.1) is 24.0 Å². The first-order chi connectivity index (χ1) is 11.9. The Morgan fingerprint density at radius 2 is 1.60 bits per heavy atom. The van der Waals surface area contributed by atoms with E-state index in [0.717, 1.165) is 0 Å². The average Bonchev–Trinajstić information content (AvgIpc) is 2.99. The number of nitro groups is 1. The fourth-order valence-electron chi connectivity index (χ4n) is 3.14. The summed E-state index contributed by atoms with van der Waals surface area (Å²) in [6.07, 6.45) is 1.27. The van der Waals surface area contributed by atoms with Gasteiger partial charge in [-0.1, -0.05) is 12.1 Å². The second kappa shape index (κ2) is 6.46. The number of carbonyl (C=O) groups is 2. The number of nitrogens with zero attached hydrogens (tertiary/aromatic N) is 4. The third-order valence-corrected chi connectivity index (χ3v) is 4.41. The van der Waals surface area contributed by atoms with Gasteiger partial charge in [-0.25, -0.2) is 0 Å². The van der Waals surface area contributed by atoms with Gasteiger partial charge in [0.1, 0.15) is 11.4 Å². The van der Waals surface area contributed by atoms with Crippen LogP contribution in [0.4, 0.5) is 5.69 Å². The zero-order chi connectivity index (χ0) is 18.1. The van der Waals surface area contributed by atoms with E-state index >= 15 is 0 Å². The van der Waals surface area contributed by atoms with Crippen LogP contribution in [0.1, 0.15) is 44.9 Å². The molecule has 2 heterocycles. The van der Waals surface area contributed by atoms with Gasteiger partial charge in [-0.05, 0) is 38.8 Å². The molecule has 0 saturated heterocycles. The summed E-state index contributed by atoms with van der Waals surface area (Å²) in [4.78, 5) is 36.4. The molecule has 1 aromatic carbocycles. The fraction of sp³-hybridized carbons (Fsp3) is 0.353. The average molecular weight is 342 g/mol. The highest BCUT2D eigenvalue weighted by atomic mass is 16.6. The molecule has 0 radical (unpaired) electrons. The number of aryl methyl sites for hydroxylation is 2. The molecule has 0 N–H and O–H groups in total. The lowest BCUT2D eigenvalue weighted by Crippen LogP contribution is -2.30. The van der Waals surface area contributed by atoms with Crippen molar-refractivity contribution in [2.45, 2.75) is 33.2 Å². The van der Waals surface area contributed by atoms with Crippen LogP contribution < -0.4 is 0 Å². The van der Waals surface area contributed by atoms with E-state index in [-0.39, 0.29) is 17.5 Å². The summed E-state index contributed by atoms with van der Waals surface area (Å²) in [7, 11) is 0. The number of carbonyl (C=O) groups excluding carboxylic acids is 2. The Kier molecular flexibility index (Phi) is 4.35. The van der Waals surface area contributed by atoms with Gasteiger partial charge in [-0.15, -0.1) is 0 Å². The van der Waals surface area contributed by atoms with Gasteiger partial charge >= 0.3 is 5.69 Å².